The maximum absolute atomic E-state index is 5.80. The van der Waals surface area contributed by atoms with Crippen LogP contribution in [0.2, 0.25) is 0 Å². The predicted molar refractivity (Wildman–Crippen MR) is 95.9 cm³/mol. The highest BCUT2D eigenvalue weighted by Crippen LogP contribution is 2.21. The maximum atomic E-state index is 5.80. The van der Waals surface area contributed by atoms with Crippen molar-refractivity contribution >= 4 is 11.8 Å². The Labute approximate surface area is 143 Å². The molecule has 0 saturated carbocycles. The van der Waals surface area contributed by atoms with E-state index in [0.29, 0.717) is 5.16 Å². The monoisotopic (exact) mass is 331 g/mol. The van der Waals surface area contributed by atoms with Crippen molar-refractivity contribution in [2.45, 2.75) is 50.6 Å². The van der Waals surface area contributed by atoms with Crippen LogP contribution in [0.4, 0.5) is 0 Å². The first kappa shape index (κ1) is 17.7. The lowest BCUT2D eigenvalue weighted by Gasteiger charge is -2.07. The molecule has 1 aromatic carbocycles. The van der Waals surface area contributed by atoms with Crippen LogP contribution in [-0.2, 0) is 0 Å². The average Bonchev–Trinajstić information content (AvgIpc) is 2.61. The Morgan fingerprint density at radius 2 is 1.74 bits per heavy atom. The fraction of sp³-hybridized carbons (Fsp3) is 0.500. The Morgan fingerprint density at radius 3 is 2.48 bits per heavy atom. The quantitative estimate of drug-likeness (QED) is 0.453. The summed E-state index contributed by atoms with van der Waals surface area (Å²) in [6, 6.07) is 8.02. The molecule has 124 valence electrons. The summed E-state index contributed by atoms with van der Waals surface area (Å²) in [7, 11) is 0. The minimum Gasteiger partial charge on any atom is -0.494 e. The number of ether oxygens (including phenoxy) is 1. The van der Waals surface area contributed by atoms with Gasteiger partial charge in [-0.15, -0.1) is 5.10 Å². The third-order valence-electron chi connectivity index (χ3n) is 3.64. The van der Waals surface area contributed by atoms with Gasteiger partial charge in [0.2, 0.25) is 5.16 Å². The molecule has 1 heterocycles. The highest BCUT2D eigenvalue weighted by molar-refractivity contribution is 7.98. The van der Waals surface area contributed by atoms with E-state index in [9.17, 15) is 0 Å². The standard InChI is InChI=1S/C18H25N3OS/c1-3-4-5-6-7-8-13-22-16-11-9-15(10-12-16)17-14-19-21-18(20-17)23-2/h9-12,14H,3-8,13H2,1-2H3. The SMILES string of the molecule is CCCCCCCCOc1ccc(-c2cnnc(SC)n2)cc1. The van der Waals surface area contributed by atoms with Crippen molar-refractivity contribution in [3.63, 3.8) is 0 Å². The van der Waals surface area contributed by atoms with Gasteiger partial charge in [-0.2, -0.15) is 5.10 Å². The summed E-state index contributed by atoms with van der Waals surface area (Å²) >= 11 is 1.49. The van der Waals surface area contributed by atoms with E-state index >= 15 is 0 Å². The van der Waals surface area contributed by atoms with Gasteiger partial charge in [0.05, 0.1) is 18.5 Å². The number of nitrogens with zero attached hydrogens (tertiary/aromatic N) is 3. The van der Waals surface area contributed by atoms with E-state index < -0.39 is 0 Å². The molecular formula is C18H25N3OS. The van der Waals surface area contributed by atoms with Gasteiger partial charge in [0.15, 0.2) is 0 Å². The number of rotatable bonds is 10. The van der Waals surface area contributed by atoms with Crippen molar-refractivity contribution in [3.8, 4) is 17.0 Å². The molecule has 0 saturated heterocycles. The summed E-state index contributed by atoms with van der Waals surface area (Å²) < 4.78 is 5.80. The molecule has 0 N–H and O–H groups in total. The van der Waals surface area contributed by atoms with Crippen molar-refractivity contribution in [2.75, 3.05) is 12.9 Å². The number of thioether (sulfide) groups is 1. The molecule has 0 amide bonds. The fourth-order valence-corrected chi connectivity index (χ4v) is 2.63. The topological polar surface area (TPSA) is 47.9 Å². The highest BCUT2D eigenvalue weighted by Gasteiger charge is 2.03. The lowest BCUT2D eigenvalue weighted by molar-refractivity contribution is 0.304. The third kappa shape index (κ3) is 6.18. The first-order valence-electron chi connectivity index (χ1n) is 8.30. The smallest absolute Gasteiger partial charge is 0.209 e. The van der Waals surface area contributed by atoms with Crippen LogP contribution in [0.1, 0.15) is 45.4 Å². The summed E-state index contributed by atoms with van der Waals surface area (Å²) in [5.74, 6) is 0.911. The van der Waals surface area contributed by atoms with E-state index in [4.69, 9.17) is 4.74 Å². The molecule has 0 spiro atoms. The van der Waals surface area contributed by atoms with Crippen molar-refractivity contribution in [2.24, 2.45) is 0 Å². The average molecular weight is 331 g/mol. The molecule has 2 rings (SSSR count). The van der Waals surface area contributed by atoms with E-state index in [0.717, 1.165) is 30.0 Å². The van der Waals surface area contributed by atoms with Gasteiger partial charge in [-0.25, -0.2) is 4.98 Å². The second-order valence-corrected chi connectivity index (χ2v) is 6.24. The number of aromatic nitrogens is 3. The summed E-state index contributed by atoms with van der Waals surface area (Å²) in [5, 5.41) is 8.62. The van der Waals surface area contributed by atoms with Crippen molar-refractivity contribution in [3.05, 3.63) is 30.5 Å². The van der Waals surface area contributed by atoms with Crippen molar-refractivity contribution < 1.29 is 4.74 Å². The Bertz CT molecular complexity index is 575. The molecule has 0 bridgehead atoms. The zero-order valence-corrected chi connectivity index (χ0v) is 14.8. The molecule has 0 unspecified atom stereocenters. The molecule has 2 aromatic rings. The molecule has 4 nitrogen and oxygen atoms in total. The van der Waals surface area contributed by atoms with Crippen LogP contribution in [0, 0.1) is 0 Å². The Kier molecular flexibility index (Phi) is 7.87. The van der Waals surface area contributed by atoms with Gasteiger partial charge < -0.3 is 4.74 Å². The van der Waals surface area contributed by atoms with Crippen LogP contribution in [0.5, 0.6) is 5.75 Å². The molecule has 0 radical (unpaired) electrons. The first-order valence-corrected chi connectivity index (χ1v) is 9.53. The van der Waals surface area contributed by atoms with E-state index in [1.807, 2.05) is 30.5 Å². The highest BCUT2D eigenvalue weighted by atomic mass is 32.2. The second kappa shape index (κ2) is 10.2. The van der Waals surface area contributed by atoms with Crippen molar-refractivity contribution in [1.82, 2.24) is 15.2 Å². The van der Waals surface area contributed by atoms with Gasteiger partial charge in [0.25, 0.3) is 0 Å². The van der Waals surface area contributed by atoms with Crippen LogP contribution in [0.15, 0.2) is 35.6 Å². The number of hydrogen-bond donors (Lipinski definition) is 0. The molecule has 23 heavy (non-hydrogen) atoms. The largest absolute Gasteiger partial charge is 0.494 e. The molecule has 0 aliphatic rings. The molecule has 0 aliphatic heterocycles. The predicted octanol–water partition coefficient (Wildman–Crippen LogP) is 5.00. The number of benzene rings is 1. The van der Waals surface area contributed by atoms with Gasteiger partial charge in [-0.1, -0.05) is 50.8 Å². The molecular weight excluding hydrogens is 306 g/mol. The fourth-order valence-electron chi connectivity index (χ4n) is 2.31. The third-order valence-corrected chi connectivity index (χ3v) is 4.18. The molecule has 0 aliphatic carbocycles. The molecule has 0 atom stereocenters. The summed E-state index contributed by atoms with van der Waals surface area (Å²) in [6.45, 7) is 3.03. The van der Waals surface area contributed by atoms with Crippen LogP contribution >= 0.6 is 11.8 Å². The van der Waals surface area contributed by atoms with E-state index in [1.165, 1.54) is 43.9 Å². The van der Waals surface area contributed by atoms with Gasteiger partial charge in [-0.05, 0) is 36.9 Å². The maximum Gasteiger partial charge on any atom is 0.209 e. The van der Waals surface area contributed by atoms with Crippen LogP contribution in [0.25, 0.3) is 11.3 Å². The summed E-state index contributed by atoms with van der Waals surface area (Å²) in [6.07, 6.45) is 11.3. The first-order chi connectivity index (χ1) is 11.3. The second-order valence-electron chi connectivity index (χ2n) is 5.47. The van der Waals surface area contributed by atoms with Crippen LogP contribution < -0.4 is 4.74 Å². The van der Waals surface area contributed by atoms with E-state index in [1.54, 1.807) is 6.20 Å². The summed E-state index contributed by atoms with van der Waals surface area (Å²) in [4.78, 5) is 4.45. The summed E-state index contributed by atoms with van der Waals surface area (Å²) in [5.41, 5.74) is 1.87. The zero-order chi connectivity index (χ0) is 16.3. The van der Waals surface area contributed by atoms with Gasteiger partial charge >= 0.3 is 0 Å². The Balaban J connectivity index is 1.78. The lowest BCUT2D eigenvalue weighted by Crippen LogP contribution is -1.97. The molecule has 1 aromatic heterocycles. The van der Waals surface area contributed by atoms with Crippen molar-refractivity contribution in [1.29, 1.82) is 0 Å². The normalized spacial score (nSPS) is 10.7. The Hall–Kier alpha value is -1.62. The van der Waals surface area contributed by atoms with E-state index in [2.05, 4.69) is 22.1 Å². The van der Waals surface area contributed by atoms with Crippen LogP contribution in [0.3, 0.4) is 0 Å². The molecule has 5 heteroatoms. The lowest BCUT2D eigenvalue weighted by atomic mass is 10.1. The Morgan fingerprint density at radius 1 is 1.00 bits per heavy atom. The van der Waals surface area contributed by atoms with Gasteiger partial charge in [-0.3, -0.25) is 0 Å². The number of hydrogen-bond acceptors (Lipinski definition) is 5. The minimum atomic E-state index is 0.686. The number of unbranched alkanes of at least 4 members (excludes halogenated alkanes) is 5. The minimum absolute atomic E-state index is 0.686. The van der Waals surface area contributed by atoms with Gasteiger partial charge in [0, 0.05) is 5.56 Å². The van der Waals surface area contributed by atoms with Crippen LogP contribution in [-0.4, -0.2) is 28.0 Å². The van der Waals surface area contributed by atoms with E-state index in [-0.39, 0.29) is 0 Å². The zero-order valence-electron chi connectivity index (χ0n) is 14.0. The van der Waals surface area contributed by atoms with Gasteiger partial charge in [0.1, 0.15) is 5.75 Å². The molecule has 0 fully saturated rings.